The minimum Gasteiger partial charge on any atom is -0.469 e. The second-order valence-corrected chi connectivity index (χ2v) is 8.61. The molecule has 28 heavy (non-hydrogen) atoms. The summed E-state index contributed by atoms with van der Waals surface area (Å²) in [7, 11) is -3.23. The molecule has 0 amide bonds. The Morgan fingerprint density at radius 3 is 2.82 bits per heavy atom. The number of nitrogens with zero attached hydrogens (tertiary/aromatic N) is 2. The van der Waals surface area contributed by atoms with Gasteiger partial charge in [-0.15, -0.1) is 0 Å². The van der Waals surface area contributed by atoms with Crippen LogP contribution >= 0.6 is 0 Å². The van der Waals surface area contributed by atoms with Gasteiger partial charge < -0.3 is 14.7 Å². The van der Waals surface area contributed by atoms with Gasteiger partial charge in [0, 0.05) is 31.8 Å². The Hall–Kier alpha value is -3.13. The number of hydrogen-bond donors (Lipinski definition) is 2. The standard InChI is InChI=1S/C20H20N4O3S/c1-28(25,26)16-6-2-4-14(12-16)13-22-17-9-10-21-20-19(17)23-18(24-20)8-7-15-5-3-11-27-15/h2-6,9-12H,7-8,13H2,1H3,(H2,21,22,23,24). The Morgan fingerprint density at radius 1 is 1.14 bits per heavy atom. The third-order valence-corrected chi connectivity index (χ3v) is 5.55. The minimum absolute atomic E-state index is 0.313. The third kappa shape index (κ3) is 4.07. The van der Waals surface area contributed by atoms with E-state index in [0.29, 0.717) is 17.1 Å². The van der Waals surface area contributed by atoms with Crippen molar-refractivity contribution in [1.29, 1.82) is 0 Å². The minimum atomic E-state index is -3.23. The highest BCUT2D eigenvalue weighted by Gasteiger charge is 2.10. The van der Waals surface area contributed by atoms with Gasteiger partial charge in [-0.2, -0.15) is 0 Å². The predicted octanol–water partition coefficient (Wildman–Crippen LogP) is 3.35. The topological polar surface area (TPSA) is 101 Å². The zero-order chi connectivity index (χ0) is 19.6. The molecule has 0 atom stereocenters. The molecule has 0 aliphatic heterocycles. The van der Waals surface area contributed by atoms with Crippen molar-refractivity contribution in [1.82, 2.24) is 15.0 Å². The average Bonchev–Trinajstić information content (AvgIpc) is 3.33. The molecule has 8 heteroatoms. The molecular formula is C20H20N4O3S. The highest BCUT2D eigenvalue weighted by Crippen LogP contribution is 2.21. The van der Waals surface area contributed by atoms with Crippen LogP contribution in [0.3, 0.4) is 0 Å². The number of hydrogen-bond acceptors (Lipinski definition) is 6. The molecule has 3 heterocycles. The number of fused-ring (bicyclic) bond motifs is 1. The lowest BCUT2D eigenvalue weighted by molar-refractivity contribution is 0.507. The Labute approximate surface area is 162 Å². The molecule has 0 bridgehead atoms. The Balaban J connectivity index is 1.51. The zero-order valence-corrected chi connectivity index (χ0v) is 16.2. The summed E-state index contributed by atoms with van der Waals surface area (Å²) in [5, 5.41) is 3.34. The number of anilines is 1. The number of pyridine rings is 1. The number of aryl methyl sites for hydroxylation is 2. The van der Waals surface area contributed by atoms with Gasteiger partial charge in [-0.1, -0.05) is 12.1 Å². The van der Waals surface area contributed by atoms with Gasteiger partial charge in [-0.05, 0) is 35.9 Å². The molecule has 1 aromatic carbocycles. The van der Waals surface area contributed by atoms with Crippen LogP contribution in [-0.4, -0.2) is 29.6 Å². The van der Waals surface area contributed by atoms with Crippen molar-refractivity contribution in [3.05, 3.63) is 72.1 Å². The molecule has 4 aromatic rings. The Kier molecular flexibility index (Phi) is 4.87. The van der Waals surface area contributed by atoms with Crippen LogP contribution in [0.4, 0.5) is 5.69 Å². The van der Waals surface area contributed by atoms with Crippen molar-refractivity contribution in [2.45, 2.75) is 24.3 Å². The summed E-state index contributed by atoms with van der Waals surface area (Å²) >= 11 is 0. The zero-order valence-electron chi connectivity index (χ0n) is 15.3. The van der Waals surface area contributed by atoms with Gasteiger partial charge in [-0.3, -0.25) is 0 Å². The Morgan fingerprint density at radius 2 is 2.04 bits per heavy atom. The van der Waals surface area contributed by atoms with E-state index in [4.69, 9.17) is 4.42 Å². The Bertz CT molecular complexity index is 1200. The van der Waals surface area contributed by atoms with Gasteiger partial charge >= 0.3 is 0 Å². The van der Waals surface area contributed by atoms with Crippen molar-refractivity contribution >= 4 is 26.7 Å². The highest BCUT2D eigenvalue weighted by molar-refractivity contribution is 7.90. The van der Waals surface area contributed by atoms with Crippen molar-refractivity contribution in [2.75, 3.05) is 11.6 Å². The van der Waals surface area contributed by atoms with Crippen LogP contribution < -0.4 is 5.32 Å². The van der Waals surface area contributed by atoms with E-state index in [2.05, 4.69) is 20.3 Å². The summed E-state index contributed by atoms with van der Waals surface area (Å²) in [6.45, 7) is 0.489. The maximum Gasteiger partial charge on any atom is 0.179 e. The SMILES string of the molecule is CS(=O)(=O)c1cccc(CNc2ccnc3nc(CCc4ccco4)[nH]c23)c1. The summed E-state index contributed by atoms with van der Waals surface area (Å²) in [4.78, 5) is 12.5. The lowest BCUT2D eigenvalue weighted by Gasteiger charge is -2.08. The van der Waals surface area contributed by atoms with Crippen LogP contribution in [0, 0.1) is 0 Å². The van der Waals surface area contributed by atoms with Gasteiger partial charge in [0.25, 0.3) is 0 Å². The molecule has 0 aliphatic rings. The van der Waals surface area contributed by atoms with Crippen LogP contribution in [0.5, 0.6) is 0 Å². The summed E-state index contributed by atoms with van der Waals surface area (Å²) in [6.07, 6.45) is 6.06. The van der Waals surface area contributed by atoms with Crippen LogP contribution in [0.25, 0.3) is 11.2 Å². The number of furan rings is 1. The largest absolute Gasteiger partial charge is 0.469 e. The van der Waals surface area contributed by atoms with Gasteiger partial charge in [0.15, 0.2) is 15.5 Å². The monoisotopic (exact) mass is 396 g/mol. The molecule has 144 valence electrons. The normalized spacial score (nSPS) is 11.8. The molecular weight excluding hydrogens is 376 g/mol. The van der Waals surface area contributed by atoms with E-state index in [0.717, 1.165) is 41.2 Å². The first kappa shape index (κ1) is 18.2. The van der Waals surface area contributed by atoms with Gasteiger partial charge in [0.2, 0.25) is 0 Å². The quantitative estimate of drug-likeness (QED) is 0.497. The summed E-state index contributed by atoms with van der Waals surface area (Å²) in [6, 6.07) is 12.6. The molecule has 4 rings (SSSR count). The molecule has 0 radical (unpaired) electrons. The fourth-order valence-corrected chi connectivity index (χ4v) is 3.70. The first-order valence-electron chi connectivity index (χ1n) is 8.88. The lowest BCUT2D eigenvalue weighted by atomic mass is 10.2. The second-order valence-electron chi connectivity index (χ2n) is 6.59. The first-order chi connectivity index (χ1) is 13.5. The molecule has 2 N–H and O–H groups in total. The predicted molar refractivity (Wildman–Crippen MR) is 107 cm³/mol. The molecule has 0 spiro atoms. The van der Waals surface area contributed by atoms with E-state index < -0.39 is 9.84 Å². The second kappa shape index (κ2) is 7.47. The van der Waals surface area contributed by atoms with E-state index in [1.807, 2.05) is 24.3 Å². The van der Waals surface area contributed by atoms with Crippen molar-refractivity contribution in [3.63, 3.8) is 0 Å². The summed E-state index contributed by atoms with van der Waals surface area (Å²) < 4.78 is 28.8. The maximum absolute atomic E-state index is 11.7. The third-order valence-electron chi connectivity index (χ3n) is 4.44. The van der Waals surface area contributed by atoms with E-state index in [1.54, 1.807) is 30.7 Å². The van der Waals surface area contributed by atoms with E-state index in [1.165, 1.54) is 6.26 Å². The van der Waals surface area contributed by atoms with Crippen LogP contribution in [0.15, 0.2) is 64.2 Å². The molecule has 0 fully saturated rings. The number of H-pyrrole nitrogens is 1. The molecule has 7 nitrogen and oxygen atoms in total. The van der Waals surface area contributed by atoms with Crippen LogP contribution in [0.1, 0.15) is 17.1 Å². The van der Waals surface area contributed by atoms with Gasteiger partial charge in [0.05, 0.1) is 16.8 Å². The molecule has 0 aliphatic carbocycles. The van der Waals surface area contributed by atoms with Crippen LogP contribution in [-0.2, 0) is 29.2 Å². The number of sulfone groups is 1. The van der Waals surface area contributed by atoms with Crippen molar-refractivity contribution < 1.29 is 12.8 Å². The van der Waals surface area contributed by atoms with E-state index in [-0.39, 0.29) is 0 Å². The molecule has 0 saturated carbocycles. The molecule has 0 unspecified atom stereocenters. The van der Waals surface area contributed by atoms with Crippen LogP contribution in [0.2, 0.25) is 0 Å². The number of imidazole rings is 1. The van der Waals surface area contributed by atoms with Gasteiger partial charge in [0.1, 0.15) is 17.1 Å². The number of nitrogens with one attached hydrogen (secondary N) is 2. The van der Waals surface area contributed by atoms with Crippen molar-refractivity contribution in [3.8, 4) is 0 Å². The fraction of sp³-hybridized carbons (Fsp3) is 0.200. The smallest absolute Gasteiger partial charge is 0.179 e. The van der Waals surface area contributed by atoms with E-state index in [9.17, 15) is 8.42 Å². The van der Waals surface area contributed by atoms with E-state index >= 15 is 0 Å². The number of aromatic nitrogens is 3. The lowest BCUT2D eigenvalue weighted by Crippen LogP contribution is -2.03. The number of aromatic amines is 1. The summed E-state index contributed by atoms with van der Waals surface area (Å²) in [5.41, 5.74) is 3.22. The van der Waals surface area contributed by atoms with Gasteiger partial charge in [-0.25, -0.2) is 18.4 Å². The summed E-state index contributed by atoms with van der Waals surface area (Å²) in [5.74, 6) is 1.75. The molecule has 3 aromatic heterocycles. The number of rotatable bonds is 7. The maximum atomic E-state index is 11.7. The van der Waals surface area contributed by atoms with Crippen molar-refractivity contribution in [2.24, 2.45) is 0 Å². The average molecular weight is 396 g/mol. The number of benzene rings is 1. The fourth-order valence-electron chi connectivity index (χ4n) is 3.00. The first-order valence-corrected chi connectivity index (χ1v) is 10.8. The molecule has 0 saturated heterocycles. The highest BCUT2D eigenvalue weighted by atomic mass is 32.2.